The van der Waals surface area contributed by atoms with E-state index in [0.717, 1.165) is 5.56 Å². The van der Waals surface area contributed by atoms with Gasteiger partial charge in [0, 0.05) is 17.2 Å². The number of non-ortho nitro benzene ring substituents is 1. The van der Waals surface area contributed by atoms with Gasteiger partial charge in [0.25, 0.3) is 11.6 Å². The number of nitro benzene ring substituents is 1. The molecule has 3 rings (SSSR count). The molecule has 0 fully saturated rings. The summed E-state index contributed by atoms with van der Waals surface area (Å²) in [5, 5.41) is 14.5. The fourth-order valence-corrected chi connectivity index (χ4v) is 3.10. The Bertz CT molecular complexity index is 916. The van der Waals surface area contributed by atoms with Gasteiger partial charge in [-0.15, -0.1) is 0 Å². The van der Waals surface area contributed by atoms with Gasteiger partial charge in [-0.1, -0.05) is 30.7 Å². The second-order valence-electron chi connectivity index (χ2n) is 6.26. The first-order chi connectivity index (χ1) is 13.4. The van der Waals surface area contributed by atoms with Gasteiger partial charge in [0.15, 0.2) is 6.61 Å². The van der Waals surface area contributed by atoms with Crippen molar-refractivity contribution in [3.8, 4) is 5.75 Å². The highest BCUT2D eigenvalue weighted by molar-refractivity contribution is 6.30. The predicted molar refractivity (Wildman–Crippen MR) is 104 cm³/mol. The number of hydrogen-bond acceptors (Lipinski definition) is 5. The van der Waals surface area contributed by atoms with Crippen LogP contribution < -0.4 is 15.0 Å². The van der Waals surface area contributed by atoms with Crippen molar-refractivity contribution in [3.05, 3.63) is 63.2 Å². The number of rotatable bonds is 6. The van der Waals surface area contributed by atoms with Gasteiger partial charge in [-0.2, -0.15) is 0 Å². The summed E-state index contributed by atoms with van der Waals surface area (Å²) in [5.41, 5.74) is 0.916. The molecule has 0 bridgehead atoms. The molecule has 1 aliphatic rings. The van der Waals surface area contributed by atoms with E-state index in [1.54, 1.807) is 12.1 Å². The van der Waals surface area contributed by atoms with Gasteiger partial charge in [-0.3, -0.25) is 24.6 Å². The maximum absolute atomic E-state index is 12.6. The molecular weight excluding hydrogens is 386 g/mol. The largest absolute Gasteiger partial charge is 0.482 e. The minimum atomic E-state index is -0.564. The summed E-state index contributed by atoms with van der Waals surface area (Å²) in [7, 11) is 0. The van der Waals surface area contributed by atoms with Crippen LogP contribution in [0.15, 0.2) is 42.5 Å². The van der Waals surface area contributed by atoms with Gasteiger partial charge in [0.1, 0.15) is 12.3 Å². The second kappa shape index (κ2) is 8.26. The Morgan fingerprint density at radius 2 is 2.04 bits per heavy atom. The lowest BCUT2D eigenvalue weighted by molar-refractivity contribution is -0.384. The quantitative estimate of drug-likeness (QED) is 0.589. The van der Waals surface area contributed by atoms with Crippen molar-refractivity contribution in [1.29, 1.82) is 0 Å². The van der Waals surface area contributed by atoms with E-state index < -0.39 is 10.8 Å². The van der Waals surface area contributed by atoms with Crippen molar-refractivity contribution in [2.24, 2.45) is 0 Å². The molecule has 0 aliphatic carbocycles. The van der Waals surface area contributed by atoms with E-state index in [2.05, 4.69) is 5.32 Å². The third kappa shape index (κ3) is 4.23. The van der Waals surface area contributed by atoms with E-state index in [1.807, 2.05) is 19.1 Å². The van der Waals surface area contributed by atoms with Crippen LogP contribution in [0.3, 0.4) is 0 Å². The molecule has 0 saturated heterocycles. The first-order valence-electron chi connectivity index (χ1n) is 8.65. The van der Waals surface area contributed by atoms with Gasteiger partial charge < -0.3 is 10.1 Å². The third-order valence-corrected chi connectivity index (χ3v) is 4.67. The zero-order valence-corrected chi connectivity index (χ0v) is 15.8. The Hall–Kier alpha value is -3.13. The molecule has 9 heteroatoms. The number of nitrogens with one attached hydrogen (secondary N) is 1. The van der Waals surface area contributed by atoms with Gasteiger partial charge in [-0.05, 0) is 30.2 Å². The Morgan fingerprint density at radius 3 is 2.68 bits per heavy atom. The van der Waals surface area contributed by atoms with Crippen LogP contribution in [0.1, 0.15) is 24.9 Å². The third-order valence-electron chi connectivity index (χ3n) is 4.41. The first kappa shape index (κ1) is 19.6. The summed E-state index contributed by atoms with van der Waals surface area (Å²) in [4.78, 5) is 36.5. The van der Waals surface area contributed by atoms with Crippen LogP contribution in [-0.4, -0.2) is 29.9 Å². The number of carbonyl (C=O) groups excluding carboxylic acids is 2. The van der Waals surface area contributed by atoms with E-state index in [9.17, 15) is 19.7 Å². The number of halogens is 1. The highest BCUT2D eigenvalue weighted by Gasteiger charge is 2.29. The molecular formula is C19H18ClN3O5. The second-order valence-corrected chi connectivity index (χ2v) is 6.69. The predicted octanol–water partition coefficient (Wildman–Crippen LogP) is 3.24. The van der Waals surface area contributed by atoms with Crippen LogP contribution in [-0.2, 0) is 9.59 Å². The Morgan fingerprint density at radius 1 is 1.32 bits per heavy atom. The van der Waals surface area contributed by atoms with Gasteiger partial charge in [-0.25, -0.2) is 0 Å². The minimum Gasteiger partial charge on any atom is -0.482 e. The summed E-state index contributed by atoms with van der Waals surface area (Å²) in [6.07, 6.45) is 0.645. The molecule has 1 unspecified atom stereocenters. The van der Waals surface area contributed by atoms with E-state index in [0.29, 0.717) is 17.2 Å². The van der Waals surface area contributed by atoms with Crippen LogP contribution >= 0.6 is 11.6 Å². The molecule has 146 valence electrons. The maximum Gasteiger partial charge on any atom is 0.271 e. The molecule has 1 heterocycles. The Labute approximate surface area is 166 Å². The SMILES string of the molecule is CCC(NC(=O)CN1C(=O)COc2ccc([N+](=O)[O-])cc21)c1ccc(Cl)cc1. The van der Waals surface area contributed by atoms with Crippen LogP contribution in [0.25, 0.3) is 0 Å². The number of anilines is 1. The number of amides is 2. The van der Waals surface area contributed by atoms with Crippen molar-refractivity contribution < 1.29 is 19.2 Å². The topological polar surface area (TPSA) is 102 Å². The molecule has 0 spiro atoms. The van der Waals surface area contributed by atoms with Crippen molar-refractivity contribution in [1.82, 2.24) is 5.32 Å². The average Bonchev–Trinajstić information content (AvgIpc) is 2.68. The van der Waals surface area contributed by atoms with Crippen molar-refractivity contribution >= 4 is 34.8 Å². The number of nitro groups is 1. The summed E-state index contributed by atoms with van der Waals surface area (Å²) >= 11 is 5.90. The number of carbonyl (C=O) groups is 2. The first-order valence-corrected chi connectivity index (χ1v) is 9.03. The highest BCUT2D eigenvalue weighted by atomic mass is 35.5. The molecule has 28 heavy (non-hydrogen) atoms. The molecule has 2 aromatic carbocycles. The standard InChI is InChI=1S/C19H18ClN3O5/c1-2-15(12-3-5-13(20)6-4-12)21-18(24)10-22-16-9-14(23(26)27)7-8-17(16)28-11-19(22)25/h3-9,15H,2,10-11H2,1H3,(H,21,24). The smallest absolute Gasteiger partial charge is 0.271 e. The Balaban J connectivity index is 1.78. The van der Waals surface area contributed by atoms with E-state index >= 15 is 0 Å². The monoisotopic (exact) mass is 403 g/mol. The van der Waals surface area contributed by atoms with Crippen LogP contribution in [0.2, 0.25) is 5.02 Å². The molecule has 0 aromatic heterocycles. The number of fused-ring (bicyclic) bond motifs is 1. The van der Waals surface area contributed by atoms with Gasteiger partial charge in [0.2, 0.25) is 5.91 Å². The lowest BCUT2D eigenvalue weighted by atomic mass is 10.0. The van der Waals surface area contributed by atoms with Crippen LogP contribution in [0.4, 0.5) is 11.4 Å². The fraction of sp³-hybridized carbons (Fsp3) is 0.263. The Kier molecular flexibility index (Phi) is 5.79. The summed E-state index contributed by atoms with van der Waals surface area (Å²) < 4.78 is 5.31. The summed E-state index contributed by atoms with van der Waals surface area (Å²) in [6, 6.07) is 10.8. The molecule has 1 atom stereocenters. The zero-order chi connectivity index (χ0) is 20.3. The maximum atomic E-state index is 12.6. The summed E-state index contributed by atoms with van der Waals surface area (Å²) in [6.45, 7) is 1.44. The lowest BCUT2D eigenvalue weighted by Gasteiger charge is -2.29. The molecule has 8 nitrogen and oxygen atoms in total. The van der Waals surface area contributed by atoms with E-state index in [4.69, 9.17) is 16.3 Å². The van der Waals surface area contributed by atoms with Gasteiger partial charge >= 0.3 is 0 Å². The molecule has 1 aliphatic heterocycles. The van der Waals surface area contributed by atoms with E-state index in [1.165, 1.54) is 23.1 Å². The molecule has 0 saturated carbocycles. The molecule has 0 radical (unpaired) electrons. The number of nitrogens with zero attached hydrogens (tertiary/aromatic N) is 2. The van der Waals surface area contributed by atoms with E-state index in [-0.39, 0.29) is 36.5 Å². The van der Waals surface area contributed by atoms with Crippen molar-refractivity contribution in [2.75, 3.05) is 18.1 Å². The zero-order valence-electron chi connectivity index (χ0n) is 15.1. The fourth-order valence-electron chi connectivity index (χ4n) is 2.98. The molecule has 2 amide bonds. The van der Waals surface area contributed by atoms with Crippen molar-refractivity contribution in [3.63, 3.8) is 0 Å². The number of ether oxygens (including phenoxy) is 1. The molecule has 1 N–H and O–H groups in total. The average molecular weight is 404 g/mol. The van der Waals surface area contributed by atoms with Crippen LogP contribution in [0.5, 0.6) is 5.75 Å². The lowest BCUT2D eigenvalue weighted by Crippen LogP contribution is -2.45. The molecule has 2 aromatic rings. The minimum absolute atomic E-state index is 0.185. The van der Waals surface area contributed by atoms with Gasteiger partial charge in [0.05, 0.1) is 16.7 Å². The summed E-state index contributed by atoms with van der Waals surface area (Å²) in [5.74, 6) is -0.500. The normalized spacial score (nSPS) is 14.1. The van der Waals surface area contributed by atoms with Crippen molar-refractivity contribution in [2.45, 2.75) is 19.4 Å². The highest BCUT2D eigenvalue weighted by Crippen LogP contribution is 2.35. The number of benzene rings is 2. The van der Waals surface area contributed by atoms with Crippen LogP contribution in [0, 0.1) is 10.1 Å². The number of hydrogen-bond donors (Lipinski definition) is 1.